The number of H-pyrrole nitrogens is 1. The minimum atomic E-state index is -0.178. The predicted octanol–water partition coefficient (Wildman–Crippen LogP) is 3.88. The zero-order valence-electron chi connectivity index (χ0n) is 18.2. The molecule has 10 heteroatoms. The van der Waals surface area contributed by atoms with Gasteiger partial charge in [0.1, 0.15) is 17.9 Å². The Labute approximate surface area is 193 Å². The van der Waals surface area contributed by atoms with E-state index in [4.69, 9.17) is 25.6 Å². The molecule has 1 atom stereocenters. The monoisotopic (exact) mass is 461 g/mol. The van der Waals surface area contributed by atoms with Gasteiger partial charge >= 0.3 is 0 Å². The van der Waals surface area contributed by atoms with Crippen molar-refractivity contribution in [1.29, 1.82) is 0 Å². The van der Waals surface area contributed by atoms with Gasteiger partial charge in [-0.1, -0.05) is 0 Å². The van der Waals surface area contributed by atoms with E-state index in [2.05, 4.69) is 31.6 Å². The summed E-state index contributed by atoms with van der Waals surface area (Å²) in [6.07, 6.45) is 4.01. The first kappa shape index (κ1) is 21.1. The molecule has 5 aromatic heterocycles. The number of pyridine rings is 1. The maximum absolute atomic E-state index is 6.29. The fourth-order valence-corrected chi connectivity index (χ4v) is 4.34. The van der Waals surface area contributed by atoms with Crippen LogP contribution in [0.3, 0.4) is 0 Å². The van der Waals surface area contributed by atoms with E-state index in [0.717, 1.165) is 29.0 Å². The van der Waals surface area contributed by atoms with Crippen molar-refractivity contribution < 1.29 is 9.15 Å². The lowest BCUT2D eigenvalue weighted by Crippen LogP contribution is -2.30. The lowest BCUT2D eigenvalue weighted by molar-refractivity contribution is 0.288. The smallest absolute Gasteiger partial charge is 0.199 e. The number of ether oxygens (including phenoxy) is 1. The summed E-state index contributed by atoms with van der Waals surface area (Å²) in [5.41, 5.74) is 18.7. The van der Waals surface area contributed by atoms with Crippen LogP contribution < -0.4 is 16.2 Å². The van der Waals surface area contributed by atoms with Crippen LogP contribution in [0.2, 0.25) is 0 Å². The van der Waals surface area contributed by atoms with E-state index >= 15 is 0 Å². The lowest BCUT2D eigenvalue weighted by atomic mass is 10.0. The number of hydrogen-bond donors (Lipinski definition) is 3. The molecule has 33 heavy (non-hydrogen) atoms. The van der Waals surface area contributed by atoms with E-state index < -0.39 is 0 Å². The number of nitrogens with two attached hydrogens (primary N) is 2. The number of aromatic amines is 1. The Morgan fingerprint density at radius 2 is 2.09 bits per heavy atom. The van der Waals surface area contributed by atoms with Crippen LogP contribution in [0.25, 0.3) is 33.7 Å². The number of aromatic nitrogens is 5. The van der Waals surface area contributed by atoms with Crippen molar-refractivity contribution in [2.75, 3.05) is 12.3 Å². The van der Waals surface area contributed by atoms with E-state index in [1.807, 2.05) is 31.4 Å². The van der Waals surface area contributed by atoms with Gasteiger partial charge in [0.15, 0.2) is 17.2 Å². The van der Waals surface area contributed by atoms with Crippen molar-refractivity contribution in [2.45, 2.75) is 26.3 Å². The zero-order valence-corrected chi connectivity index (χ0v) is 19.0. The molecule has 0 aliphatic rings. The lowest BCUT2D eigenvalue weighted by Gasteiger charge is -2.16. The molecule has 5 rings (SSSR count). The Morgan fingerprint density at radius 1 is 1.21 bits per heavy atom. The summed E-state index contributed by atoms with van der Waals surface area (Å²) in [5, 5.41) is 11.2. The van der Waals surface area contributed by atoms with E-state index in [0.29, 0.717) is 34.9 Å². The van der Waals surface area contributed by atoms with E-state index in [1.165, 1.54) is 5.56 Å². The van der Waals surface area contributed by atoms with Gasteiger partial charge in [0, 0.05) is 17.2 Å². The molecule has 0 amide bonds. The molecular formula is C23H23N7O2S. The summed E-state index contributed by atoms with van der Waals surface area (Å²) in [6.45, 7) is 4.08. The second kappa shape index (κ2) is 8.64. The third-order valence-corrected chi connectivity index (χ3v) is 6.11. The van der Waals surface area contributed by atoms with E-state index in [9.17, 15) is 0 Å². The fourth-order valence-electron chi connectivity index (χ4n) is 3.66. The first-order valence-corrected chi connectivity index (χ1v) is 11.4. The molecule has 0 aliphatic heterocycles. The number of nitrogen functional groups attached to an aromatic ring is 1. The minimum Gasteiger partial charge on any atom is -0.488 e. The maximum Gasteiger partial charge on any atom is 0.199 e. The predicted molar refractivity (Wildman–Crippen MR) is 128 cm³/mol. The molecule has 0 aromatic carbocycles. The first-order chi connectivity index (χ1) is 16.0. The topological polar surface area (TPSA) is 142 Å². The molecule has 0 aliphatic carbocycles. The normalized spacial score (nSPS) is 12.3. The Kier molecular flexibility index (Phi) is 5.53. The highest BCUT2D eigenvalue weighted by atomic mass is 32.1. The minimum absolute atomic E-state index is 0.178. The summed E-state index contributed by atoms with van der Waals surface area (Å²) in [6, 6.07) is 5.58. The summed E-state index contributed by atoms with van der Waals surface area (Å²) < 4.78 is 11.5. The Balaban J connectivity index is 1.53. The highest BCUT2D eigenvalue weighted by molar-refractivity contribution is 7.07. The number of hydrogen-bond acceptors (Lipinski definition) is 9. The number of thiophene rings is 1. The summed E-state index contributed by atoms with van der Waals surface area (Å²) in [7, 11) is 0. The Hall–Kier alpha value is -3.76. The van der Waals surface area contributed by atoms with Gasteiger partial charge in [-0.15, -0.1) is 0 Å². The van der Waals surface area contributed by atoms with Gasteiger partial charge in [0.2, 0.25) is 0 Å². The number of rotatable bonds is 7. The Morgan fingerprint density at radius 3 is 2.85 bits per heavy atom. The summed E-state index contributed by atoms with van der Waals surface area (Å²) >= 11 is 1.65. The molecule has 0 spiro atoms. The largest absolute Gasteiger partial charge is 0.488 e. The van der Waals surface area contributed by atoms with Crippen molar-refractivity contribution in [2.24, 2.45) is 5.73 Å². The van der Waals surface area contributed by atoms with Gasteiger partial charge in [0.05, 0.1) is 29.5 Å². The van der Waals surface area contributed by atoms with Crippen molar-refractivity contribution in [3.8, 4) is 28.3 Å². The van der Waals surface area contributed by atoms with Gasteiger partial charge in [0.25, 0.3) is 0 Å². The molecule has 168 valence electrons. The van der Waals surface area contributed by atoms with Crippen molar-refractivity contribution in [3.63, 3.8) is 0 Å². The number of aryl methyl sites for hydroxylation is 2. The first-order valence-electron chi connectivity index (χ1n) is 10.4. The molecule has 0 saturated heterocycles. The SMILES string of the molecule is Cc1occc1-c1nc(N)c(OC[C@H](N)Cc2ccsc2)cc1-c1cnc2n[nH]c(C)c2n1. The molecule has 5 N–H and O–H groups in total. The summed E-state index contributed by atoms with van der Waals surface area (Å²) in [5.74, 6) is 1.44. The maximum atomic E-state index is 6.29. The van der Waals surface area contributed by atoms with Gasteiger partial charge in [-0.25, -0.2) is 15.0 Å². The number of nitrogens with zero attached hydrogens (tertiary/aromatic N) is 4. The van der Waals surface area contributed by atoms with Crippen molar-refractivity contribution >= 4 is 28.3 Å². The summed E-state index contributed by atoms with van der Waals surface area (Å²) in [4.78, 5) is 13.9. The highest BCUT2D eigenvalue weighted by Gasteiger charge is 2.20. The molecule has 0 fully saturated rings. The molecule has 5 heterocycles. The number of fused-ring (bicyclic) bond motifs is 1. The highest BCUT2D eigenvalue weighted by Crippen LogP contribution is 2.37. The van der Waals surface area contributed by atoms with E-state index in [1.54, 1.807) is 23.8 Å². The quantitative estimate of drug-likeness (QED) is 0.331. The fraction of sp³-hybridized carbons (Fsp3) is 0.217. The van der Waals surface area contributed by atoms with E-state index in [-0.39, 0.29) is 11.9 Å². The van der Waals surface area contributed by atoms with Gasteiger partial charge in [-0.2, -0.15) is 16.4 Å². The van der Waals surface area contributed by atoms with Crippen LogP contribution in [0.4, 0.5) is 5.82 Å². The zero-order chi connectivity index (χ0) is 22.9. The molecule has 0 radical (unpaired) electrons. The number of anilines is 1. The third kappa shape index (κ3) is 4.18. The standard InChI is InChI=1S/C23H23N7O2S/c1-12-20-23(30-29-12)26-9-18(27-20)17-8-19(32-10-15(24)7-14-4-6-33-11-14)22(25)28-21(17)16-3-5-31-13(16)2/h3-6,8-9,11,15H,7,10,24H2,1-2H3,(H2,25,28)(H,26,29,30)/t15-/m1/s1. The van der Waals surface area contributed by atoms with Gasteiger partial charge in [-0.3, -0.25) is 5.10 Å². The van der Waals surface area contributed by atoms with Crippen molar-refractivity contribution in [3.05, 3.63) is 58.4 Å². The molecule has 0 bridgehead atoms. The van der Waals surface area contributed by atoms with Crippen LogP contribution in [0, 0.1) is 13.8 Å². The van der Waals surface area contributed by atoms with Crippen LogP contribution in [0.5, 0.6) is 5.75 Å². The Bertz CT molecular complexity index is 1410. The van der Waals surface area contributed by atoms with Crippen LogP contribution >= 0.6 is 11.3 Å². The van der Waals surface area contributed by atoms with Crippen LogP contribution in [-0.4, -0.2) is 37.8 Å². The average molecular weight is 462 g/mol. The molecule has 5 aromatic rings. The molecular weight excluding hydrogens is 438 g/mol. The van der Waals surface area contributed by atoms with Gasteiger partial charge in [-0.05, 0) is 54.8 Å². The van der Waals surface area contributed by atoms with Crippen LogP contribution in [-0.2, 0) is 6.42 Å². The number of furan rings is 1. The average Bonchev–Trinajstić information content (AvgIpc) is 3.55. The van der Waals surface area contributed by atoms with Crippen LogP contribution in [0.1, 0.15) is 17.0 Å². The second-order valence-electron chi connectivity index (χ2n) is 7.84. The van der Waals surface area contributed by atoms with Crippen LogP contribution in [0.15, 0.2) is 45.8 Å². The molecule has 9 nitrogen and oxygen atoms in total. The second-order valence-corrected chi connectivity index (χ2v) is 8.62. The molecule has 0 unspecified atom stereocenters. The van der Waals surface area contributed by atoms with Gasteiger partial charge < -0.3 is 20.6 Å². The number of nitrogens with one attached hydrogen (secondary N) is 1. The van der Waals surface area contributed by atoms with Crippen molar-refractivity contribution in [1.82, 2.24) is 25.1 Å². The third-order valence-electron chi connectivity index (χ3n) is 5.37. The molecule has 0 saturated carbocycles.